The van der Waals surface area contributed by atoms with Gasteiger partial charge >= 0.3 is 0 Å². The molecule has 2 unspecified atom stereocenters. The maximum absolute atomic E-state index is 6.35. The van der Waals surface area contributed by atoms with E-state index in [0.29, 0.717) is 6.61 Å². The Balaban J connectivity index is 1.54. The van der Waals surface area contributed by atoms with Crippen molar-refractivity contribution in [3.63, 3.8) is 0 Å². The first-order valence-electron chi connectivity index (χ1n) is 9.84. The van der Waals surface area contributed by atoms with E-state index in [-0.39, 0.29) is 17.4 Å². The number of benzene rings is 2. The van der Waals surface area contributed by atoms with E-state index in [2.05, 4.69) is 70.3 Å². The van der Waals surface area contributed by atoms with Crippen LogP contribution in [0.15, 0.2) is 54.6 Å². The molecule has 1 aliphatic rings. The number of rotatable bonds is 6. The minimum Gasteiger partial charge on any atom is -0.544 e. The summed E-state index contributed by atoms with van der Waals surface area (Å²) in [6, 6.07) is 18.7. The van der Waals surface area contributed by atoms with Crippen LogP contribution in [-0.2, 0) is 15.9 Å². The Morgan fingerprint density at radius 1 is 1.00 bits per heavy atom. The summed E-state index contributed by atoms with van der Waals surface area (Å²) in [6.45, 7) is 11.9. The average molecular weight is 385 g/mol. The van der Waals surface area contributed by atoms with Crippen molar-refractivity contribution in [1.29, 1.82) is 0 Å². The largest absolute Gasteiger partial charge is 0.544 e. The number of hydrogen-bond acceptors (Lipinski definition) is 3. The Labute approximate surface area is 164 Å². The van der Waals surface area contributed by atoms with E-state index in [0.717, 1.165) is 24.2 Å². The molecule has 0 bridgehead atoms. The van der Waals surface area contributed by atoms with Gasteiger partial charge in [-0.25, -0.2) is 0 Å². The lowest BCUT2D eigenvalue weighted by Gasteiger charge is -2.36. The standard InChI is InChI=1S/C23H32O3Si/c1-23(2,3)27(4,5)26-20-15-12-19(13-16-20)22-24-17-21(25-22)14-11-18-9-7-6-8-10-18/h6-10,12-13,15-16,21-22H,11,14,17H2,1-5H3. The van der Waals surface area contributed by atoms with Crippen molar-refractivity contribution in [2.24, 2.45) is 0 Å². The van der Waals surface area contributed by atoms with E-state index >= 15 is 0 Å². The highest BCUT2D eigenvalue weighted by Gasteiger charge is 2.39. The fourth-order valence-corrected chi connectivity index (χ4v) is 3.92. The van der Waals surface area contributed by atoms with Crippen molar-refractivity contribution in [2.75, 3.05) is 6.61 Å². The summed E-state index contributed by atoms with van der Waals surface area (Å²) in [5.74, 6) is 0.934. The molecular weight excluding hydrogens is 352 g/mol. The highest BCUT2D eigenvalue weighted by atomic mass is 28.4. The van der Waals surface area contributed by atoms with Crippen molar-refractivity contribution in [3.8, 4) is 5.75 Å². The predicted molar refractivity (Wildman–Crippen MR) is 113 cm³/mol. The molecule has 0 N–H and O–H groups in total. The van der Waals surface area contributed by atoms with Crippen LogP contribution in [0.1, 0.15) is 44.6 Å². The van der Waals surface area contributed by atoms with E-state index < -0.39 is 8.32 Å². The zero-order valence-electron chi connectivity index (χ0n) is 17.2. The van der Waals surface area contributed by atoms with Crippen LogP contribution in [0.5, 0.6) is 5.75 Å². The average Bonchev–Trinajstić information content (AvgIpc) is 3.09. The van der Waals surface area contributed by atoms with Gasteiger partial charge < -0.3 is 13.9 Å². The predicted octanol–water partition coefficient (Wildman–Crippen LogP) is 6.12. The molecule has 0 amide bonds. The quantitative estimate of drug-likeness (QED) is 0.562. The molecule has 3 rings (SSSR count). The van der Waals surface area contributed by atoms with E-state index in [1.54, 1.807) is 0 Å². The number of hydrogen-bond donors (Lipinski definition) is 0. The second-order valence-corrected chi connectivity index (χ2v) is 13.6. The smallest absolute Gasteiger partial charge is 0.250 e. The van der Waals surface area contributed by atoms with Crippen LogP contribution in [-0.4, -0.2) is 21.0 Å². The molecule has 0 spiro atoms. The Kier molecular flexibility index (Phi) is 6.09. The first-order chi connectivity index (χ1) is 12.7. The Morgan fingerprint density at radius 3 is 2.30 bits per heavy atom. The Bertz CT molecular complexity index is 720. The van der Waals surface area contributed by atoms with Crippen LogP contribution in [0, 0.1) is 0 Å². The first kappa shape index (κ1) is 20.1. The van der Waals surface area contributed by atoms with E-state index in [1.165, 1.54) is 5.56 Å². The van der Waals surface area contributed by atoms with E-state index in [4.69, 9.17) is 13.9 Å². The lowest BCUT2D eigenvalue weighted by atomic mass is 10.1. The monoisotopic (exact) mass is 384 g/mol. The SMILES string of the molecule is CC(C)(C)[Si](C)(C)Oc1ccc(C2OCC(CCc3ccccc3)O2)cc1. The summed E-state index contributed by atoms with van der Waals surface area (Å²) in [6.07, 6.45) is 1.87. The summed E-state index contributed by atoms with van der Waals surface area (Å²) < 4.78 is 18.3. The van der Waals surface area contributed by atoms with Crippen LogP contribution in [0.3, 0.4) is 0 Å². The molecule has 146 valence electrons. The zero-order chi connectivity index (χ0) is 19.5. The van der Waals surface area contributed by atoms with Gasteiger partial charge in [-0.1, -0.05) is 63.2 Å². The van der Waals surface area contributed by atoms with Crippen molar-refractivity contribution >= 4 is 8.32 Å². The van der Waals surface area contributed by atoms with Crippen LogP contribution in [0.2, 0.25) is 18.1 Å². The summed E-state index contributed by atoms with van der Waals surface area (Å²) in [4.78, 5) is 0. The maximum atomic E-state index is 6.35. The van der Waals surface area contributed by atoms with E-state index in [9.17, 15) is 0 Å². The summed E-state index contributed by atoms with van der Waals surface area (Å²) in [7, 11) is -1.81. The molecule has 3 nitrogen and oxygen atoms in total. The number of ether oxygens (including phenoxy) is 2. The third-order valence-corrected chi connectivity index (χ3v) is 10.0. The lowest BCUT2D eigenvalue weighted by Crippen LogP contribution is -2.43. The fourth-order valence-electron chi connectivity index (χ4n) is 2.89. The zero-order valence-corrected chi connectivity index (χ0v) is 18.2. The Hall–Kier alpha value is -1.62. The lowest BCUT2D eigenvalue weighted by molar-refractivity contribution is -0.0610. The van der Waals surface area contributed by atoms with Gasteiger partial charge in [0.25, 0.3) is 0 Å². The molecule has 0 aromatic heterocycles. The minimum absolute atomic E-state index is 0.151. The van der Waals surface area contributed by atoms with Crippen LogP contribution < -0.4 is 4.43 Å². The molecular formula is C23H32O3Si. The van der Waals surface area contributed by atoms with Crippen molar-refractivity contribution in [2.45, 2.75) is 64.1 Å². The van der Waals surface area contributed by atoms with Gasteiger partial charge in [-0.05, 0) is 48.7 Å². The molecule has 27 heavy (non-hydrogen) atoms. The van der Waals surface area contributed by atoms with Crippen molar-refractivity contribution < 1.29 is 13.9 Å². The molecule has 1 saturated heterocycles. The fraction of sp³-hybridized carbons (Fsp3) is 0.478. The molecule has 2 aromatic carbocycles. The van der Waals surface area contributed by atoms with Crippen LogP contribution in [0.4, 0.5) is 0 Å². The van der Waals surface area contributed by atoms with Crippen molar-refractivity contribution in [3.05, 3.63) is 65.7 Å². The second kappa shape index (κ2) is 8.17. The highest BCUT2D eigenvalue weighted by molar-refractivity contribution is 6.74. The topological polar surface area (TPSA) is 27.7 Å². The Morgan fingerprint density at radius 2 is 1.67 bits per heavy atom. The van der Waals surface area contributed by atoms with Crippen molar-refractivity contribution in [1.82, 2.24) is 0 Å². The summed E-state index contributed by atoms with van der Waals surface area (Å²) >= 11 is 0. The summed E-state index contributed by atoms with van der Waals surface area (Å²) in [5, 5.41) is 0.190. The number of aryl methyl sites for hydroxylation is 1. The van der Waals surface area contributed by atoms with Crippen LogP contribution in [0.25, 0.3) is 0 Å². The summed E-state index contributed by atoms with van der Waals surface area (Å²) in [5.41, 5.74) is 2.40. The maximum Gasteiger partial charge on any atom is 0.250 e. The minimum atomic E-state index is -1.81. The van der Waals surface area contributed by atoms with Gasteiger partial charge in [-0.15, -0.1) is 0 Å². The van der Waals surface area contributed by atoms with Gasteiger partial charge in [-0.2, -0.15) is 0 Å². The van der Waals surface area contributed by atoms with Gasteiger partial charge in [0.1, 0.15) is 5.75 Å². The second-order valence-electron chi connectivity index (χ2n) is 8.88. The van der Waals surface area contributed by atoms with Crippen LogP contribution >= 0.6 is 0 Å². The van der Waals surface area contributed by atoms with E-state index in [1.807, 2.05) is 18.2 Å². The highest BCUT2D eigenvalue weighted by Crippen LogP contribution is 2.38. The molecule has 4 heteroatoms. The molecule has 1 heterocycles. The van der Waals surface area contributed by atoms with Gasteiger partial charge in [0.05, 0.1) is 12.7 Å². The van der Waals surface area contributed by atoms with Gasteiger partial charge in [-0.3, -0.25) is 0 Å². The third-order valence-electron chi connectivity index (χ3n) is 5.68. The molecule has 1 fully saturated rings. The molecule has 1 aliphatic heterocycles. The molecule has 0 saturated carbocycles. The van der Waals surface area contributed by atoms with Gasteiger partial charge in [0, 0.05) is 5.56 Å². The normalized spacial score (nSPS) is 20.6. The molecule has 2 atom stereocenters. The third kappa shape index (κ3) is 5.22. The molecule has 0 aliphatic carbocycles. The first-order valence-corrected chi connectivity index (χ1v) is 12.8. The van der Waals surface area contributed by atoms with Gasteiger partial charge in [0.15, 0.2) is 6.29 Å². The van der Waals surface area contributed by atoms with Gasteiger partial charge in [0.2, 0.25) is 8.32 Å². The molecule has 0 radical (unpaired) electrons. The molecule has 2 aromatic rings.